The van der Waals surface area contributed by atoms with Gasteiger partial charge in [-0.2, -0.15) is 0 Å². The van der Waals surface area contributed by atoms with Crippen LogP contribution in [0.4, 0.5) is 13.6 Å². The number of carboxylic acid groups (broad SMARTS) is 1. The zero-order valence-corrected chi connectivity index (χ0v) is 17.6. The van der Waals surface area contributed by atoms with Crippen molar-refractivity contribution in [3.05, 3.63) is 71.3 Å². The number of carboxylic acids is 1. The van der Waals surface area contributed by atoms with Gasteiger partial charge in [-0.05, 0) is 41.3 Å². The van der Waals surface area contributed by atoms with Gasteiger partial charge in [-0.1, -0.05) is 38.1 Å². The number of nitrogens with zero attached hydrogens (tertiary/aromatic N) is 2. The summed E-state index contributed by atoms with van der Waals surface area (Å²) in [6.07, 6.45) is 0. The smallest absolute Gasteiger partial charge is 0.326 e. The molecule has 0 saturated carbocycles. The summed E-state index contributed by atoms with van der Waals surface area (Å²) in [6.45, 7) is 5.38. The molecule has 0 bridgehead atoms. The van der Waals surface area contributed by atoms with E-state index in [-0.39, 0.29) is 23.6 Å². The third-order valence-corrected chi connectivity index (χ3v) is 5.55. The Bertz CT molecular complexity index is 850. The highest BCUT2D eigenvalue weighted by atomic mass is 19.1. The molecule has 2 aromatic rings. The predicted molar refractivity (Wildman–Crippen MR) is 113 cm³/mol. The Balaban J connectivity index is 1.73. The molecular formula is C23H27F2N3O3. The monoisotopic (exact) mass is 431 g/mol. The molecule has 0 aromatic heterocycles. The van der Waals surface area contributed by atoms with E-state index < -0.39 is 18.0 Å². The normalized spacial score (nSPS) is 15.9. The standard InChI is InChI=1S/C23H27F2N3O3/c1-15(2)20(22(29)30)26-23(31)28-13-11-27(12-14-28)21(16-3-7-18(24)8-4-16)17-5-9-19(25)10-6-17/h3-10,15,20-21H,11-14H2,1-2H3,(H,26,31)(H,29,30)/t20-/m1/s1. The number of urea groups is 1. The molecule has 0 radical (unpaired) electrons. The fourth-order valence-electron chi connectivity index (χ4n) is 3.83. The number of carbonyl (C=O) groups excluding carboxylic acids is 1. The van der Waals surface area contributed by atoms with E-state index in [4.69, 9.17) is 0 Å². The number of rotatable bonds is 6. The van der Waals surface area contributed by atoms with Crippen LogP contribution in [0.3, 0.4) is 0 Å². The highest BCUT2D eigenvalue weighted by Gasteiger charge is 2.31. The van der Waals surface area contributed by atoms with E-state index in [1.807, 2.05) is 0 Å². The molecule has 0 spiro atoms. The van der Waals surface area contributed by atoms with Crippen LogP contribution in [0.15, 0.2) is 48.5 Å². The molecule has 1 heterocycles. The van der Waals surface area contributed by atoms with Gasteiger partial charge in [0.15, 0.2) is 0 Å². The first-order valence-corrected chi connectivity index (χ1v) is 10.3. The first-order valence-electron chi connectivity index (χ1n) is 10.3. The molecule has 2 N–H and O–H groups in total. The van der Waals surface area contributed by atoms with E-state index in [9.17, 15) is 23.5 Å². The lowest BCUT2D eigenvalue weighted by molar-refractivity contribution is -0.140. The van der Waals surface area contributed by atoms with Crippen molar-refractivity contribution < 1.29 is 23.5 Å². The summed E-state index contributed by atoms with van der Waals surface area (Å²) in [5.41, 5.74) is 1.74. The van der Waals surface area contributed by atoms with Crippen molar-refractivity contribution in [3.8, 4) is 0 Å². The van der Waals surface area contributed by atoms with Crippen molar-refractivity contribution in [3.63, 3.8) is 0 Å². The summed E-state index contributed by atoms with van der Waals surface area (Å²) < 4.78 is 26.9. The number of hydrogen-bond donors (Lipinski definition) is 2. The van der Waals surface area contributed by atoms with Gasteiger partial charge in [0.2, 0.25) is 0 Å². The Morgan fingerprint density at radius 3 is 1.71 bits per heavy atom. The molecule has 6 nitrogen and oxygen atoms in total. The average Bonchev–Trinajstić information content (AvgIpc) is 2.74. The molecule has 0 aliphatic carbocycles. The molecule has 1 fully saturated rings. The van der Waals surface area contributed by atoms with E-state index in [1.54, 1.807) is 43.0 Å². The lowest BCUT2D eigenvalue weighted by atomic mass is 9.96. The summed E-state index contributed by atoms with van der Waals surface area (Å²) in [4.78, 5) is 27.7. The second-order valence-electron chi connectivity index (χ2n) is 8.04. The predicted octanol–water partition coefficient (Wildman–Crippen LogP) is 3.49. The van der Waals surface area contributed by atoms with Crippen LogP contribution in [0.25, 0.3) is 0 Å². The van der Waals surface area contributed by atoms with Crippen LogP contribution in [0.5, 0.6) is 0 Å². The Morgan fingerprint density at radius 1 is 0.871 bits per heavy atom. The minimum absolute atomic E-state index is 0.214. The SMILES string of the molecule is CC(C)[C@@H](NC(=O)N1CCN(C(c2ccc(F)cc2)c2ccc(F)cc2)CC1)C(=O)O. The zero-order chi connectivity index (χ0) is 22.5. The lowest BCUT2D eigenvalue weighted by Crippen LogP contribution is -2.56. The fourth-order valence-corrected chi connectivity index (χ4v) is 3.83. The second-order valence-corrected chi connectivity index (χ2v) is 8.04. The molecule has 166 valence electrons. The minimum Gasteiger partial charge on any atom is -0.480 e. The third kappa shape index (κ3) is 5.58. The maximum absolute atomic E-state index is 13.4. The van der Waals surface area contributed by atoms with Gasteiger partial charge in [-0.3, -0.25) is 4.90 Å². The van der Waals surface area contributed by atoms with Gasteiger partial charge in [0.25, 0.3) is 0 Å². The summed E-state index contributed by atoms with van der Waals surface area (Å²) >= 11 is 0. The first kappa shape index (κ1) is 22.7. The number of nitrogens with one attached hydrogen (secondary N) is 1. The van der Waals surface area contributed by atoms with E-state index >= 15 is 0 Å². The topological polar surface area (TPSA) is 72.9 Å². The highest BCUT2D eigenvalue weighted by molar-refractivity contribution is 5.82. The summed E-state index contributed by atoms with van der Waals surface area (Å²) in [6, 6.07) is 10.9. The van der Waals surface area contributed by atoms with E-state index in [0.29, 0.717) is 26.2 Å². The Kier molecular flexibility index (Phi) is 7.22. The van der Waals surface area contributed by atoms with Gasteiger partial charge in [0.05, 0.1) is 6.04 Å². The number of halogens is 2. The van der Waals surface area contributed by atoms with Crippen molar-refractivity contribution in [2.24, 2.45) is 5.92 Å². The molecule has 1 aliphatic rings. The van der Waals surface area contributed by atoms with Crippen LogP contribution in [-0.4, -0.2) is 59.1 Å². The second kappa shape index (κ2) is 9.87. The number of aliphatic carboxylic acids is 1. The summed E-state index contributed by atoms with van der Waals surface area (Å²) in [5, 5.41) is 11.9. The number of carbonyl (C=O) groups is 2. The van der Waals surface area contributed by atoms with Crippen LogP contribution >= 0.6 is 0 Å². The Morgan fingerprint density at radius 2 is 1.32 bits per heavy atom. The fraction of sp³-hybridized carbons (Fsp3) is 0.391. The third-order valence-electron chi connectivity index (χ3n) is 5.55. The van der Waals surface area contributed by atoms with Crippen molar-refractivity contribution >= 4 is 12.0 Å². The quantitative estimate of drug-likeness (QED) is 0.735. The van der Waals surface area contributed by atoms with Gasteiger partial charge in [-0.25, -0.2) is 18.4 Å². The van der Waals surface area contributed by atoms with Crippen LogP contribution in [-0.2, 0) is 4.79 Å². The van der Waals surface area contributed by atoms with Gasteiger partial charge in [-0.15, -0.1) is 0 Å². The maximum atomic E-state index is 13.4. The summed E-state index contributed by atoms with van der Waals surface area (Å²) in [5.74, 6) is -1.96. The van der Waals surface area contributed by atoms with E-state index in [0.717, 1.165) is 11.1 Å². The average molecular weight is 431 g/mol. The van der Waals surface area contributed by atoms with Crippen LogP contribution in [0.2, 0.25) is 0 Å². The molecule has 8 heteroatoms. The molecule has 1 saturated heterocycles. The van der Waals surface area contributed by atoms with Crippen molar-refractivity contribution in [2.75, 3.05) is 26.2 Å². The highest BCUT2D eigenvalue weighted by Crippen LogP contribution is 2.30. The van der Waals surface area contributed by atoms with Crippen molar-refractivity contribution in [2.45, 2.75) is 25.9 Å². The molecule has 3 rings (SSSR count). The zero-order valence-electron chi connectivity index (χ0n) is 17.6. The Labute approximate surface area is 180 Å². The minimum atomic E-state index is -1.06. The number of hydrogen-bond acceptors (Lipinski definition) is 3. The van der Waals surface area contributed by atoms with Gasteiger partial charge in [0.1, 0.15) is 17.7 Å². The van der Waals surface area contributed by atoms with E-state index in [2.05, 4.69) is 10.2 Å². The number of benzene rings is 2. The molecule has 2 aromatic carbocycles. The molecule has 0 unspecified atom stereocenters. The maximum Gasteiger partial charge on any atom is 0.326 e. The Hall–Kier alpha value is -3.00. The number of piperazine rings is 1. The lowest BCUT2D eigenvalue weighted by Gasteiger charge is -2.40. The molecule has 1 atom stereocenters. The van der Waals surface area contributed by atoms with Gasteiger partial charge in [0, 0.05) is 26.2 Å². The molecule has 31 heavy (non-hydrogen) atoms. The molecule has 2 amide bonds. The molecule has 1 aliphatic heterocycles. The van der Waals surface area contributed by atoms with Crippen molar-refractivity contribution in [1.29, 1.82) is 0 Å². The summed E-state index contributed by atoms with van der Waals surface area (Å²) in [7, 11) is 0. The number of amides is 2. The van der Waals surface area contributed by atoms with Crippen LogP contribution in [0.1, 0.15) is 31.0 Å². The largest absolute Gasteiger partial charge is 0.480 e. The van der Waals surface area contributed by atoms with Crippen LogP contribution < -0.4 is 5.32 Å². The molecular weight excluding hydrogens is 404 g/mol. The van der Waals surface area contributed by atoms with Crippen LogP contribution in [0, 0.1) is 17.6 Å². The van der Waals surface area contributed by atoms with E-state index in [1.165, 1.54) is 24.3 Å². The first-order chi connectivity index (χ1) is 14.8. The van der Waals surface area contributed by atoms with Gasteiger partial charge >= 0.3 is 12.0 Å². The van der Waals surface area contributed by atoms with Gasteiger partial charge < -0.3 is 15.3 Å². The van der Waals surface area contributed by atoms with Crippen molar-refractivity contribution in [1.82, 2.24) is 15.1 Å².